The number of hydrogen-bond acceptors (Lipinski definition) is 4. The van der Waals surface area contributed by atoms with Crippen LogP contribution >= 0.6 is 0 Å². The van der Waals surface area contributed by atoms with Crippen molar-refractivity contribution < 1.29 is 19.1 Å². The van der Waals surface area contributed by atoms with Crippen molar-refractivity contribution in [1.82, 2.24) is 15.5 Å². The van der Waals surface area contributed by atoms with E-state index in [0.717, 1.165) is 56.1 Å². The highest BCUT2D eigenvalue weighted by molar-refractivity contribution is 5.93. The predicted octanol–water partition coefficient (Wildman–Crippen LogP) is 5.81. The average molecular weight is 514 g/mol. The van der Waals surface area contributed by atoms with Gasteiger partial charge in [-0.2, -0.15) is 0 Å². The van der Waals surface area contributed by atoms with Gasteiger partial charge in [-0.25, -0.2) is 4.79 Å². The molecule has 0 aromatic heterocycles. The Morgan fingerprint density at radius 3 is 2.22 bits per heavy atom. The molecular weight excluding hydrogens is 466 g/mol. The number of nitrogens with zero attached hydrogens (tertiary/aromatic N) is 1. The maximum Gasteiger partial charge on any atom is 0.408 e. The van der Waals surface area contributed by atoms with Gasteiger partial charge in [-0.3, -0.25) is 9.59 Å². The standard InChI is InChI=1S/C30H47N3O4/c1-7-20(2)25(32-29(36)37-30(4,5)6)28(35)33(23-17-13-18-23)26(24-19-12-11-14-21(24)3)27(34)31-22-15-9-8-10-16-22/h11-12,14,19-20,22-23,25-26H,7-10,13,15-18H2,1-6H3,(H,31,34)(H,32,36). The van der Waals surface area contributed by atoms with Gasteiger partial charge in [0.05, 0.1) is 0 Å². The molecule has 2 aliphatic carbocycles. The molecule has 7 nitrogen and oxygen atoms in total. The first-order chi connectivity index (χ1) is 17.5. The summed E-state index contributed by atoms with van der Waals surface area (Å²) in [6.45, 7) is 11.4. The van der Waals surface area contributed by atoms with E-state index in [2.05, 4.69) is 10.6 Å². The molecule has 0 bridgehead atoms. The number of aryl methyl sites for hydroxylation is 1. The molecule has 2 saturated carbocycles. The third kappa shape index (κ3) is 7.71. The zero-order valence-corrected chi connectivity index (χ0v) is 23.6. The van der Waals surface area contributed by atoms with Crippen molar-refractivity contribution in [3.05, 3.63) is 35.4 Å². The van der Waals surface area contributed by atoms with E-state index in [1.54, 1.807) is 25.7 Å². The zero-order valence-electron chi connectivity index (χ0n) is 23.6. The quantitative estimate of drug-likeness (QED) is 0.436. The van der Waals surface area contributed by atoms with Gasteiger partial charge in [0.2, 0.25) is 11.8 Å². The van der Waals surface area contributed by atoms with Gasteiger partial charge in [0.25, 0.3) is 0 Å². The molecule has 3 amide bonds. The largest absolute Gasteiger partial charge is 0.444 e. The highest BCUT2D eigenvalue weighted by Gasteiger charge is 2.43. The molecule has 206 valence electrons. The maximum absolute atomic E-state index is 14.4. The van der Waals surface area contributed by atoms with Gasteiger partial charge >= 0.3 is 6.09 Å². The topological polar surface area (TPSA) is 87.7 Å². The van der Waals surface area contributed by atoms with Crippen LogP contribution in [0.1, 0.15) is 110 Å². The molecule has 2 fully saturated rings. The van der Waals surface area contributed by atoms with Crippen molar-refractivity contribution in [3.8, 4) is 0 Å². The molecule has 0 aliphatic heterocycles. The second-order valence-electron chi connectivity index (χ2n) is 11.9. The van der Waals surface area contributed by atoms with Crippen molar-refractivity contribution >= 4 is 17.9 Å². The molecule has 3 rings (SSSR count). The number of carbonyl (C=O) groups excluding carboxylic acids is 3. The minimum atomic E-state index is -0.783. The smallest absolute Gasteiger partial charge is 0.408 e. The highest BCUT2D eigenvalue weighted by Crippen LogP contribution is 2.36. The lowest BCUT2D eigenvalue weighted by Gasteiger charge is -2.45. The van der Waals surface area contributed by atoms with Crippen LogP contribution in [0.3, 0.4) is 0 Å². The van der Waals surface area contributed by atoms with Crippen molar-refractivity contribution in [3.63, 3.8) is 0 Å². The van der Waals surface area contributed by atoms with Crippen molar-refractivity contribution in [2.75, 3.05) is 0 Å². The zero-order chi connectivity index (χ0) is 27.2. The van der Waals surface area contributed by atoms with Gasteiger partial charge in [-0.15, -0.1) is 0 Å². The molecule has 1 aromatic carbocycles. The molecule has 3 atom stereocenters. The van der Waals surface area contributed by atoms with Crippen LogP contribution in [0, 0.1) is 12.8 Å². The second kappa shape index (κ2) is 12.8. The summed E-state index contributed by atoms with van der Waals surface area (Å²) in [5.41, 5.74) is 1.14. The summed E-state index contributed by atoms with van der Waals surface area (Å²) in [4.78, 5) is 43.0. The molecule has 2 aliphatic rings. The molecule has 0 spiro atoms. The summed E-state index contributed by atoms with van der Waals surface area (Å²) in [5, 5.41) is 6.16. The number of nitrogens with one attached hydrogen (secondary N) is 2. The van der Waals surface area contributed by atoms with Crippen molar-refractivity contribution in [1.29, 1.82) is 0 Å². The van der Waals surface area contributed by atoms with E-state index >= 15 is 0 Å². The van der Waals surface area contributed by atoms with E-state index in [0.29, 0.717) is 6.42 Å². The number of amides is 3. The van der Waals surface area contributed by atoms with Crippen LogP contribution in [0.5, 0.6) is 0 Å². The summed E-state index contributed by atoms with van der Waals surface area (Å²) in [6.07, 6.45) is 8.18. The average Bonchev–Trinajstić information content (AvgIpc) is 2.80. The number of benzene rings is 1. The maximum atomic E-state index is 14.4. The first-order valence-electron chi connectivity index (χ1n) is 14.2. The molecule has 37 heavy (non-hydrogen) atoms. The molecule has 0 radical (unpaired) electrons. The summed E-state index contributed by atoms with van der Waals surface area (Å²) >= 11 is 0. The fraction of sp³-hybridized carbons (Fsp3) is 0.700. The molecule has 0 heterocycles. The van der Waals surface area contributed by atoms with Crippen molar-refractivity contribution in [2.24, 2.45) is 5.92 Å². The third-order valence-electron chi connectivity index (χ3n) is 7.83. The van der Waals surface area contributed by atoms with Crippen LogP contribution in [0.25, 0.3) is 0 Å². The fourth-order valence-electron chi connectivity index (χ4n) is 5.30. The lowest BCUT2D eigenvalue weighted by Crippen LogP contribution is -2.59. The van der Waals surface area contributed by atoms with Gasteiger partial charge in [-0.1, -0.05) is 63.8 Å². The van der Waals surface area contributed by atoms with Crippen LogP contribution in [0.2, 0.25) is 0 Å². The van der Waals surface area contributed by atoms with Gasteiger partial charge < -0.3 is 20.3 Å². The van der Waals surface area contributed by atoms with Gasteiger partial charge in [-0.05, 0) is 76.8 Å². The molecule has 3 unspecified atom stereocenters. The summed E-state index contributed by atoms with van der Waals surface area (Å²) in [6, 6.07) is 6.40. The van der Waals surface area contributed by atoms with Crippen LogP contribution in [-0.4, -0.2) is 46.5 Å². The van der Waals surface area contributed by atoms with E-state index in [-0.39, 0.29) is 29.8 Å². The number of carbonyl (C=O) groups is 3. The van der Waals surface area contributed by atoms with Crippen LogP contribution in [-0.2, 0) is 14.3 Å². The Balaban J connectivity index is 1.98. The Labute approximate surface area is 223 Å². The molecule has 7 heteroatoms. The summed E-state index contributed by atoms with van der Waals surface area (Å²) < 4.78 is 5.51. The Hall–Kier alpha value is -2.57. The van der Waals surface area contributed by atoms with Crippen LogP contribution in [0.4, 0.5) is 4.79 Å². The number of ether oxygens (including phenoxy) is 1. The first kappa shape index (κ1) is 29.0. The Bertz CT molecular complexity index is 931. The van der Waals surface area contributed by atoms with Gasteiger partial charge in [0, 0.05) is 12.1 Å². The van der Waals surface area contributed by atoms with E-state index in [1.807, 2.05) is 45.0 Å². The number of rotatable bonds is 9. The lowest BCUT2D eigenvalue weighted by molar-refractivity contribution is -0.148. The molecule has 0 saturated heterocycles. The summed E-state index contributed by atoms with van der Waals surface area (Å²) in [5.74, 6) is -0.458. The molecule has 1 aromatic rings. The van der Waals surface area contributed by atoms with E-state index in [1.165, 1.54) is 6.42 Å². The lowest BCUT2D eigenvalue weighted by atomic mass is 9.86. The Morgan fingerprint density at radius 1 is 1.03 bits per heavy atom. The van der Waals surface area contributed by atoms with Crippen molar-refractivity contribution in [2.45, 2.75) is 129 Å². The normalized spacial score (nSPS) is 19.2. The van der Waals surface area contributed by atoms with E-state index in [9.17, 15) is 14.4 Å². The van der Waals surface area contributed by atoms with Crippen LogP contribution in [0.15, 0.2) is 24.3 Å². The number of hydrogen-bond donors (Lipinski definition) is 2. The predicted molar refractivity (Wildman–Crippen MR) is 146 cm³/mol. The molecule has 2 N–H and O–H groups in total. The van der Waals surface area contributed by atoms with Gasteiger partial charge in [0.1, 0.15) is 17.7 Å². The Morgan fingerprint density at radius 2 is 1.68 bits per heavy atom. The number of alkyl carbamates (subject to hydrolysis) is 1. The van der Waals surface area contributed by atoms with Crippen LogP contribution < -0.4 is 10.6 Å². The second-order valence-corrected chi connectivity index (χ2v) is 11.9. The monoisotopic (exact) mass is 513 g/mol. The third-order valence-corrected chi connectivity index (χ3v) is 7.83. The summed E-state index contributed by atoms with van der Waals surface area (Å²) in [7, 11) is 0. The Kier molecular flexibility index (Phi) is 10.0. The minimum absolute atomic E-state index is 0.0406. The fourth-order valence-corrected chi connectivity index (χ4v) is 5.30. The van der Waals surface area contributed by atoms with Gasteiger partial charge in [0.15, 0.2) is 0 Å². The van der Waals surface area contributed by atoms with E-state index < -0.39 is 23.8 Å². The highest BCUT2D eigenvalue weighted by atomic mass is 16.6. The SMILES string of the molecule is CCC(C)C(NC(=O)OC(C)(C)C)C(=O)N(C1CCC1)C(C(=O)NC1CCCCC1)c1ccccc1C. The minimum Gasteiger partial charge on any atom is -0.444 e. The van der Waals surface area contributed by atoms with E-state index in [4.69, 9.17) is 4.74 Å². The molecular formula is C30H47N3O4. The first-order valence-corrected chi connectivity index (χ1v) is 14.2.